The first-order chi connectivity index (χ1) is 14.7. The van der Waals surface area contributed by atoms with E-state index in [0.29, 0.717) is 43.4 Å². The van der Waals surface area contributed by atoms with Gasteiger partial charge in [0.25, 0.3) is 0 Å². The molecule has 30 heavy (non-hydrogen) atoms. The quantitative estimate of drug-likeness (QED) is 0.674. The van der Waals surface area contributed by atoms with Gasteiger partial charge in [0, 0.05) is 56.0 Å². The number of amides is 2. The second-order valence-electron chi connectivity index (χ2n) is 6.77. The summed E-state index contributed by atoms with van der Waals surface area (Å²) >= 11 is 0. The van der Waals surface area contributed by atoms with Crippen LogP contribution in [0.1, 0.15) is 0 Å². The second kappa shape index (κ2) is 9.08. The highest BCUT2D eigenvalue weighted by molar-refractivity contribution is 5.89. The third kappa shape index (κ3) is 4.75. The maximum absolute atomic E-state index is 12.5. The number of carbonyl (C=O) groups excluding carboxylic acids is 1. The largest absolute Gasteiger partial charge is 0.497 e. The van der Waals surface area contributed by atoms with Crippen molar-refractivity contribution in [3.05, 3.63) is 60.9 Å². The van der Waals surface area contributed by atoms with Crippen LogP contribution >= 0.6 is 0 Å². The number of anilines is 4. The molecular weight excluding hydrogens is 382 g/mol. The van der Waals surface area contributed by atoms with Gasteiger partial charge in [-0.15, -0.1) is 10.2 Å². The predicted octanol–water partition coefficient (Wildman–Crippen LogP) is 2.98. The lowest BCUT2D eigenvalue weighted by Gasteiger charge is -2.35. The van der Waals surface area contributed by atoms with Crippen molar-refractivity contribution in [1.29, 1.82) is 0 Å². The summed E-state index contributed by atoms with van der Waals surface area (Å²) in [7, 11) is 1.60. The molecule has 0 radical (unpaired) electrons. The molecule has 0 bridgehead atoms. The fourth-order valence-electron chi connectivity index (χ4n) is 3.19. The van der Waals surface area contributed by atoms with Gasteiger partial charge >= 0.3 is 6.03 Å². The Morgan fingerprint density at radius 3 is 2.47 bits per heavy atom. The van der Waals surface area contributed by atoms with Crippen molar-refractivity contribution < 1.29 is 9.53 Å². The first-order valence-corrected chi connectivity index (χ1v) is 9.67. The van der Waals surface area contributed by atoms with Gasteiger partial charge in [0.1, 0.15) is 5.75 Å². The van der Waals surface area contributed by atoms with Crippen molar-refractivity contribution in [2.45, 2.75) is 0 Å². The van der Waals surface area contributed by atoms with Crippen LogP contribution in [0, 0.1) is 0 Å². The van der Waals surface area contributed by atoms with Gasteiger partial charge in [0.2, 0.25) is 0 Å². The van der Waals surface area contributed by atoms with Gasteiger partial charge in [-0.05, 0) is 36.4 Å². The van der Waals surface area contributed by atoms with Gasteiger partial charge in [0.15, 0.2) is 11.6 Å². The topological polar surface area (TPSA) is 95.5 Å². The molecule has 1 aromatic carbocycles. The zero-order chi connectivity index (χ0) is 20.8. The number of aromatic nitrogens is 3. The van der Waals surface area contributed by atoms with Crippen LogP contribution in [0.15, 0.2) is 60.9 Å². The number of methoxy groups -OCH3 is 1. The number of rotatable bonds is 5. The number of hydrogen-bond donors (Lipinski definition) is 2. The Bertz CT molecular complexity index is 974. The van der Waals surface area contributed by atoms with Gasteiger partial charge < -0.3 is 25.2 Å². The van der Waals surface area contributed by atoms with Crippen molar-refractivity contribution in [2.24, 2.45) is 0 Å². The van der Waals surface area contributed by atoms with Crippen LogP contribution in [0.5, 0.6) is 5.75 Å². The third-order valence-electron chi connectivity index (χ3n) is 4.82. The molecule has 9 nitrogen and oxygen atoms in total. The van der Waals surface area contributed by atoms with E-state index in [2.05, 4.69) is 30.7 Å². The van der Waals surface area contributed by atoms with Crippen LogP contribution in [0.3, 0.4) is 0 Å². The molecule has 0 atom stereocenters. The van der Waals surface area contributed by atoms with Crippen LogP contribution in [0.2, 0.25) is 0 Å². The number of urea groups is 1. The van der Waals surface area contributed by atoms with E-state index in [1.54, 1.807) is 30.5 Å². The van der Waals surface area contributed by atoms with E-state index in [4.69, 9.17) is 4.74 Å². The number of hydrogen-bond acceptors (Lipinski definition) is 7. The van der Waals surface area contributed by atoms with Gasteiger partial charge in [-0.2, -0.15) is 0 Å². The maximum Gasteiger partial charge on any atom is 0.321 e. The van der Waals surface area contributed by atoms with E-state index in [-0.39, 0.29) is 6.03 Å². The van der Waals surface area contributed by atoms with Crippen LogP contribution in [0.25, 0.3) is 0 Å². The summed E-state index contributed by atoms with van der Waals surface area (Å²) in [4.78, 5) is 20.5. The summed E-state index contributed by atoms with van der Waals surface area (Å²) in [5.41, 5.74) is 1.62. The first-order valence-electron chi connectivity index (χ1n) is 9.67. The fraction of sp³-hybridized carbons (Fsp3) is 0.238. The Kier molecular flexibility index (Phi) is 5.88. The van der Waals surface area contributed by atoms with Crippen LogP contribution < -0.4 is 20.3 Å². The standard InChI is InChI=1S/C21H23N7O2/c1-30-18-4-2-3-17(15-18)24-21(29)28-13-11-27(12-14-28)20-6-5-19(25-26-20)23-16-7-9-22-10-8-16/h2-10,15H,11-14H2,1H3,(H,24,29)(H,22,23,25). The molecule has 1 saturated heterocycles. The highest BCUT2D eigenvalue weighted by atomic mass is 16.5. The number of nitrogens with zero attached hydrogens (tertiary/aromatic N) is 5. The molecular formula is C21H23N7O2. The zero-order valence-electron chi connectivity index (χ0n) is 16.7. The highest BCUT2D eigenvalue weighted by Gasteiger charge is 2.22. The highest BCUT2D eigenvalue weighted by Crippen LogP contribution is 2.19. The Hall–Kier alpha value is -3.88. The minimum Gasteiger partial charge on any atom is -0.497 e. The Morgan fingerprint density at radius 2 is 1.77 bits per heavy atom. The Morgan fingerprint density at radius 1 is 0.967 bits per heavy atom. The molecule has 0 aliphatic carbocycles. The SMILES string of the molecule is COc1cccc(NC(=O)N2CCN(c3ccc(Nc4ccncc4)nn3)CC2)c1. The summed E-state index contributed by atoms with van der Waals surface area (Å²) < 4.78 is 5.19. The molecule has 3 heterocycles. The monoisotopic (exact) mass is 405 g/mol. The predicted molar refractivity (Wildman–Crippen MR) is 115 cm³/mol. The molecule has 1 fully saturated rings. The molecule has 2 amide bonds. The van der Waals surface area contributed by atoms with E-state index in [1.807, 2.05) is 42.5 Å². The van der Waals surface area contributed by atoms with E-state index in [1.165, 1.54) is 0 Å². The summed E-state index contributed by atoms with van der Waals surface area (Å²) in [6.45, 7) is 2.59. The number of pyridine rings is 1. The Labute approximate surface area is 174 Å². The van der Waals surface area contributed by atoms with Crippen molar-refractivity contribution in [3.8, 4) is 5.75 Å². The van der Waals surface area contributed by atoms with Gasteiger partial charge in [-0.3, -0.25) is 4.98 Å². The van der Waals surface area contributed by atoms with Crippen molar-refractivity contribution >= 4 is 29.0 Å². The lowest BCUT2D eigenvalue weighted by Crippen LogP contribution is -2.50. The molecule has 2 aromatic heterocycles. The van der Waals surface area contributed by atoms with E-state index in [0.717, 1.165) is 11.5 Å². The summed E-state index contributed by atoms with van der Waals surface area (Å²) in [5.74, 6) is 2.17. The van der Waals surface area contributed by atoms with Crippen molar-refractivity contribution in [2.75, 3.05) is 48.8 Å². The first kappa shape index (κ1) is 19.4. The van der Waals surface area contributed by atoms with Crippen molar-refractivity contribution in [3.63, 3.8) is 0 Å². The van der Waals surface area contributed by atoms with E-state index in [9.17, 15) is 4.79 Å². The summed E-state index contributed by atoms with van der Waals surface area (Å²) in [6, 6.07) is 14.8. The molecule has 2 N–H and O–H groups in total. The van der Waals surface area contributed by atoms with E-state index >= 15 is 0 Å². The molecule has 1 aliphatic heterocycles. The number of carbonyl (C=O) groups is 1. The molecule has 0 saturated carbocycles. The zero-order valence-corrected chi connectivity index (χ0v) is 16.7. The number of benzene rings is 1. The molecule has 4 rings (SSSR count). The van der Waals surface area contributed by atoms with E-state index < -0.39 is 0 Å². The average Bonchev–Trinajstić information content (AvgIpc) is 2.80. The molecule has 1 aliphatic rings. The normalized spacial score (nSPS) is 13.6. The maximum atomic E-state index is 12.5. The van der Waals surface area contributed by atoms with Gasteiger partial charge in [-0.25, -0.2) is 4.79 Å². The lowest BCUT2D eigenvalue weighted by atomic mass is 10.3. The van der Waals surface area contributed by atoms with Gasteiger partial charge in [-0.1, -0.05) is 6.07 Å². The lowest BCUT2D eigenvalue weighted by molar-refractivity contribution is 0.208. The number of nitrogens with one attached hydrogen (secondary N) is 2. The number of ether oxygens (including phenoxy) is 1. The van der Waals surface area contributed by atoms with Gasteiger partial charge in [0.05, 0.1) is 7.11 Å². The van der Waals surface area contributed by atoms with Crippen LogP contribution in [-0.4, -0.2) is 59.4 Å². The summed E-state index contributed by atoms with van der Waals surface area (Å²) in [6.07, 6.45) is 3.43. The average molecular weight is 405 g/mol. The minimum atomic E-state index is -0.120. The third-order valence-corrected chi connectivity index (χ3v) is 4.82. The smallest absolute Gasteiger partial charge is 0.321 e. The minimum absolute atomic E-state index is 0.120. The molecule has 3 aromatic rings. The summed E-state index contributed by atoms with van der Waals surface area (Å²) in [5, 5.41) is 14.7. The Balaban J connectivity index is 1.30. The van der Waals surface area contributed by atoms with Crippen LogP contribution in [0.4, 0.5) is 27.8 Å². The molecule has 0 spiro atoms. The molecule has 9 heteroatoms. The molecule has 154 valence electrons. The van der Waals surface area contributed by atoms with Crippen LogP contribution in [-0.2, 0) is 0 Å². The molecule has 0 unspecified atom stereocenters. The second-order valence-corrected chi connectivity index (χ2v) is 6.77. The number of piperazine rings is 1. The van der Waals surface area contributed by atoms with Crippen molar-refractivity contribution in [1.82, 2.24) is 20.1 Å². The fourth-order valence-corrected chi connectivity index (χ4v) is 3.19.